The minimum atomic E-state index is -0.955. The third-order valence-corrected chi connectivity index (χ3v) is 2.47. The van der Waals surface area contributed by atoms with Crippen molar-refractivity contribution in [1.82, 2.24) is 9.88 Å². The van der Waals surface area contributed by atoms with Crippen molar-refractivity contribution in [3.8, 4) is 0 Å². The molecule has 0 aliphatic rings. The van der Waals surface area contributed by atoms with E-state index in [9.17, 15) is 9.59 Å². The Hall–Kier alpha value is -2.11. The number of carbonyl (C=O) groups is 2. The first-order valence-electron chi connectivity index (χ1n) is 5.79. The van der Waals surface area contributed by atoms with Crippen molar-refractivity contribution in [1.29, 1.82) is 0 Å². The molecular formula is C12H17N3O3. The number of nitrogens with one attached hydrogen (secondary N) is 1. The summed E-state index contributed by atoms with van der Waals surface area (Å²) in [7, 11) is 0. The molecule has 98 valence electrons. The van der Waals surface area contributed by atoms with Crippen LogP contribution in [-0.4, -0.2) is 46.5 Å². The molecule has 1 amide bonds. The molecule has 0 spiro atoms. The topological polar surface area (TPSA) is 82.5 Å². The highest BCUT2D eigenvalue weighted by atomic mass is 16.4. The smallest absolute Gasteiger partial charge is 0.322 e. The van der Waals surface area contributed by atoms with E-state index in [1.54, 1.807) is 17.0 Å². The zero-order valence-electron chi connectivity index (χ0n) is 10.5. The van der Waals surface area contributed by atoms with Gasteiger partial charge >= 0.3 is 5.97 Å². The molecular weight excluding hydrogens is 234 g/mol. The monoisotopic (exact) mass is 251 g/mol. The lowest BCUT2D eigenvalue weighted by molar-refractivity contribution is -0.134. The lowest BCUT2D eigenvalue weighted by Crippen LogP contribution is -2.31. The first-order chi connectivity index (χ1) is 8.58. The summed E-state index contributed by atoms with van der Waals surface area (Å²) in [4.78, 5) is 28.1. The molecule has 1 rings (SSSR count). The fourth-order valence-electron chi connectivity index (χ4n) is 1.51. The number of aliphatic carboxylic acids is 1. The Morgan fingerprint density at radius 1 is 1.39 bits per heavy atom. The second-order valence-corrected chi connectivity index (χ2v) is 3.65. The van der Waals surface area contributed by atoms with Crippen LogP contribution < -0.4 is 5.32 Å². The van der Waals surface area contributed by atoms with Gasteiger partial charge in [-0.2, -0.15) is 0 Å². The number of nitrogens with zero attached hydrogens (tertiary/aromatic N) is 2. The molecule has 18 heavy (non-hydrogen) atoms. The molecule has 0 unspecified atom stereocenters. The van der Waals surface area contributed by atoms with Gasteiger partial charge in [0.15, 0.2) is 0 Å². The zero-order chi connectivity index (χ0) is 13.5. The van der Waals surface area contributed by atoms with Crippen LogP contribution in [-0.2, 0) is 4.79 Å². The number of anilines is 1. The molecule has 0 atom stereocenters. The molecule has 0 saturated heterocycles. The van der Waals surface area contributed by atoms with Crippen LogP contribution in [0.5, 0.6) is 0 Å². The molecule has 0 fully saturated rings. The van der Waals surface area contributed by atoms with Crippen molar-refractivity contribution in [2.45, 2.75) is 13.8 Å². The molecule has 6 nitrogen and oxygen atoms in total. The van der Waals surface area contributed by atoms with Gasteiger partial charge < -0.3 is 15.3 Å². The Labute approximate surface area is 106 Å². The van der Waals surface area contributed by atoms with E-state index in [4.69, 9.17) is 5.11 Å². The maximum atomic E-state index is 12.0. The van der Waals surface area contributed by atoms with Crippen molar-refractivity contribution < 1.29 is 14.7 Å². The van der Waals surface area contributed by atoms with Crippen LogP contribution in [0.1, 0.15) is 24.3 Å². The van der Waals surface area contributed by atoms with E-state index < -0.39 is 5.97 Å². The lowest BCUT2D eigenvalue weighted by atomic mass is 10.2. The zero-order valence-corrected chi connectivity index (χ0v) is 10.5. The Bertz CT molecular complexity index is 430. The molecule has 0 radical (unpaired) electrons. The van der Waals surface area contributed by atoms with Crippen LogP contribution in [0, 0.1) is 0 Å². The van der Waals surface area contributed by atoms with Crippen LogP contribution in [0.3, 0.4) is 0 Å². The number of carboxylic acids is 1. The fraction of sp³-hybridized carbons (Fsp3) is 0.417. The fourth-order valence-corrected chi connectivity index (χ4v) is 1.51. The first-order valence-corrected chi connectivity index (χ1v) is 5.79. The maximum absolute atomic E-state index is 12.0. The molecule has 0 saturated carbocycles. The second-order valence-electron chi connectivity index (χ2n) is 3.65. The van der Waals surface area contributed by atoms with E-state index in [1.807, 2.05) is 13.8 Å². The predicted molar refractivity (Wildman–Crippen MR) is 67.6 cm³/mol. The summed E-state index contributed by atoms with van der Waals surface area (Å²) in [5, 5.41) is 11.3. The second kappa shape index (κ2) is 6.58. The largest absolute Gasteiger partial charge is 0.480 e. The summed E-state index contributed by atoms with van der Waals surface area (Å²) in [5.74, 6) is -1.11. The Morgan fingerprint density at radius 2 is 2.06 bits per heavy atom. The molecule has 6 heteroatoms. The van der Waals surface area contributed by atoms with Gasteiger partial charge in [0.1, 0.15) is 12.2 Å². The van der Waals surface area contributed by atoms with Gasteiger partial charge in [-0.15, -0.1) is 0 Å². The molecule has 0 aromatic carbocycles. The summed E-state index contributed by atoms with van der Waals surface area (Å²) in [6.07, 6.45) is 1.49. The highest BCUT2D eigenvalue weighted by Gasteiger charge is 2.14. The maximum Gasteiger partial charge on any atom is 0.322 e. The number of rotatable bonds is 6. The standard InChI is InChI=1S/C12H17N3O3/c1-3-15(4-2)12(18)10-7-9(5-6-13-10)14-8-11(16)17/h5-7H,3-4,8H2,1-2H3,(H,13,14)(H,16,17). The van der Waals surface area contributed by atoms with Gasteiger partial charge in [0.2, 0.25) is 0 Å². The number of amides is 1. The predicted octanol–water partition coefficient (Wildman–Crippen LogP) is 1.06. The summed E-state index contributed by atoms with van der Waals surface area (Å²) < 4.78 is 0. The van der Waals surface area contributed by atoms with Gasteiger partial charge in [0.25, 0.3) is 5.91 Å². The van der Waals surface area contributed by atoms with E-state index in [-0.39, 0.29) is 12.5 Å². The van der Waals surface area contributed by atoms with Gasteiger partial charge in [0, 0.05) is 25.0 Å². The summed E-state index contributed by atoms with van der Waals surface area (Å²) in [5.41, 5.74) is 0.886. The van der Waals surface area contributed by atoms with E-state index in [0.29, 0.717) is 24.5 Å². The number of hydrogen-bond acceptors (Lipinski definition) is 4. The van der Waals surface area contributed by atoms with Crippen LogP contribution in [0.2, 0.25) is 0 Å². The summed E-state index contributed by atoms with van der Waals surface area (Å²) in [6, 6.07) is 3.19. The van der Waals surface area contributed by atoms with Crippen LogP contribution in [0.4, 0.5) is 5.69 Å². The van der Waals surface area contributed by atoms with E-state index >= 15 is 0 Å². The summed E-state index contributed by atoms with van der Waals surface area (Å²) in [6.45, 7) is 4.83. The first kappa shape index (κ1) is 14.0. The Kier molecular flexibility index (Phi) is 5.10. The third kappa shape index (κ3) is 3.73. The van der Waals surface area contributed by atoms with Crippen molar-refractivity contribution >= 4 is 17.6 Å². The van der Waals surface area contributed by atoms with Crippen molar-refractivity contribution in [2.75, 3.05) is 25.0 Å². The van der Waals surface area contributed by atoms with Crippen LogP contribution in [0.25, 0.3) is 0 Å². The minimum Gasteiger partial charge on any atom is -0.480 e. The molecule has 0 bridgehead atoms. The Balaban J connectivity index is 2.81. The van der Waals surface area contributed by atoms with E-state index in [0.717, 1.165) is 0 Å². The number of hydrogen-bond donors (Lipinski definition) is 2. The Morgan fingerprint density at radius 3 is 2.61 bits per heavy atom. The third-order valence-electron chi connectivity index (χ3n) is 2.47. The normalized spacial score (nSPS) is 9.89. The van der Waals surface area contributed by atoms with E-state index in [2.05, 4.69) is 10.3 Å². The molecule has 1 heterocycles. The molecule has 0 aliphatic heterocycles. The van der Waals surface area contributed by atoms with Crippen LogP contribution >= 0.6 is 0 Å². The minimum absolute atomic E-state index is 0.154. The quantitative estimate of drug-likeness (QED) is 0.790. The van der Waals surface area contributed by atoms with E-state index in [1.165, 1.54) is 6.20 Å². The van der Waals surface area contributed by atoms with Gasteiger partial charge in [-0.05, 0) is 26.0 Å². The highest BCUT2D eigenvalue weighted by molar-refractivity contribution is 5.93. The van der Waals surface area contributed by atoms with Gasteiger partial charge in [-0.3, -0.25) is 14.6 Å². The van der Waals surface area contributed by atoms with Crippen LogP contribution in [0.15, 0.2) is 18.3 Å². The van der Waals surface area contributed by atoms with Crippen molar-refractivity contribution in [3.63, 3.8) is 0 Å². The molecule has 0 aliphatic carbocycles. The van der Waals surface area contributed by atoms with Gasteiger partial charge in [-0.1, -0.05) is 0 Å². The highest BCUT2D eigenvalue weighted by Crippen LogP contribution is 2.09. The average molecular weight is 251 g/mol. The molecule has 2 N–H and O–H groups in total. The summed E-state index contributed by atoms with van der Waals surface area (Å²) >= 11 is 0. The molecule has 1 aromatic heterocycles. The number of aromatic nitrogens is 1. The number of carboxylic acid groups (broad SMARTS) is 1. The SMILES string of the molecule is CCN(CC)C(=O)c1cc(NCC(=O)O)ccn1. The van der Waals surface area contributed by atoms with Gasteiger partial charge in [0.05, 0.1) is 0 Å². The lowest BCUT2D eigenvalue weighted by Gasteiger charge is -2.18. The number of pyridine rings is 1. The molecule has 1 aromatic rings. The van der Waals surface area contributed by atoms with Crippen molar-refractivity contribution in [2.24, 2.45) is 0 Å². The van der Waals surface area contributed by atoms with Crippen molar-refractivity contribution in [3.05, 3.63) is 24.0 Å². The number of carbonyl (C=O) groups excluding carboxylic acids is 1. The van der Waals surface area contributed by atoms with Gasteiger partial charge in [-0.25, -0.2) is 0 Å². The average Bonchev–Trinajstić information content (AvgIpc) is 2.38.